The second-order valence-electron chi connectivity index (χ2n) is 4.51. The van der Waals surface area contributed by atoms with Crippen LogP contribution in [0, 0.1) is 11.3 Å². The molecule has 108 valence electrons. The lowest BCUT2D eigenvalue weighted by atomic mass is 10.1. The number of hydrogen-bond acceptors (Lipinski definition) is 4. The van der Waals surface area contributed by atoms with Crippen LogP contribution in [0.15, 0.2) is 18.2 Å². The summed E-state index contributed by atoms with van der Waals surface area (Å²) < 4.78 is 5.23. The molecule has 0 saturated carbocycles. The number of nitrogens with zero attached hydrogens (tertiary/aromatic N) is 1. The van der Waals surface area contributed by atoms with Crippen LogP contribution in [-0.2, 0) is 11.3 Å². The molecule has 1 saturated heterocycles. The number of hydrogen-bond donors (Lipinski definition) is 2. The summed E-state index contributed by atoms with van der Waals surface area (Å²) in [6.07, 6.45) is 1.93. The molecule has 1 aromatic carbocycles. The highest BCUT2D eigenvalue weighted by molar-refractivity contribution is 5.85. The van der Waals surface area contributed by atoms with E-state index >= 15 is 0 Å². The molecular formula is C14H18ClN3O2. The largest absolute Gasteiger partial charge is 0.496 e. The second kappa shape index (κ2) is 7.73. The normalized spacial score (nSPS) is 16.9. The summed E-state index contributed by atoms with van der Waals surface area (Å²) in [5.74, 6) is 0.641. The molecule has 1 atom stereocenters. The van der Waals surface area contributed by atoms with Gasteiger partial charge in [-0.3, -0.25) is 4.79 Å². The van der Waals surface area contributed by atoms with E-state index in [4.69, 9.17) is 10.00 Å². The fourth-order valence-electron chi connectivity index (χ4n) is 2.17. The van der Waals surface area contributed by atoms with Gasteiger partial charge in [-0.25, -0.2) is 0 Å². The van der Waals surface area contributed by atoms with Crippen molar-refractivity contribution in [2.24, 2.45) is 0 Å². The van der Waals surface area contributed by atoms with Gasteiger partial charge in [-0.05, 0) is 31.5 Å². The van der Waals surface area contributed by atoms with E-state index in [0.29, 0.717) is 17.9 Å². The molecule has 20 heavy (non-hydrogen) atoms. The molecule has 1 fully saturated rings. The number of methoxy groups -OCH3 is 1. The Kier molecular flexibility index (Phi) is 6.29. The average Bonchev–Trinajstić information content (AvgIpc) is 2.98. The molecular weight excluding hydrogens is 278 g/mol. The zero-order valence-electron chi connectivity index (χ0n) is 11.3. The number of carbonyl (C=O) groups excluding carboxylic acids is 1. The highest BCUT2D eigenvalue weighted by Crippen LogP contribution is 2.19. The molecule has 1 heterocycles. The molecule has 1 aliphatic heterocycles. The number of ether oxygens (including phenoxy) is 1. The van der Waals surface area contributed by atoms with Crippen molar-refractivity contribution in [2.45, 2.75) is 25.4 Å². The molecule has 1 aromatic rings. The molecule has 0 aliphatic carbocycles. The van der Waals surface area contributed by atoms with Gasteiger partial charge in [-0.2, -0.15) is 5.26 Å². The summed E-state index contributed by atoms with van der Waals surface area (Å²) in [5, 5.41) is 14.9. The van der Waals surface area contributed by atoms with Gasteiger partial charge in [0.2, 0.25) is 5.91 Å². The summed E-state index contributed by atoms with van der Waals surface area (Å²) in [6, 6.07) is 7.18. The molecule has 2 N–H and O–H groups in total. The van der Waals surface area contributed by atoms with E-state index in [1.54, 1.807) is 25.3 Å². The Bertz CT molecular complexity index is 508. The Labute approximate surface area is 124 Å². The molecule has 0 aromatic heterocycles. The van der Waals surface area contributed by atoms with E-state index in [1.165, 1.54) is 0 Å². The number of rotatable bonds is 4. The van der Waals surface area contributed by atoms with Gasteiger partial charge in [0.25, 0.3) is 0 Å². The number of carbonyl (C=O) groups is 1. The Morgan fingerprint density at radius 1 is 1.60 bits per heavy atom. The second-order valence-corrected chi connectivity index (χ2v) is 4.51. The number of amides is 1. The fourth-order valence-corrected chi connectivity index (χ4v) is 2.17. The first-order chi connectivity index (χ1) is 9.24. The highest BCUT2D eigenvalue weighted by Gasteiger charge is 2.21. The third-order valence-electron chi connectivity index (χ3n) is 3.25. The predicted octanol–water partition coefficient (Wildman–Crippen LogP) is 1.36. The summed E-state index contributed by atoms with van der Waals surface area (Å²) in [6.45, 7) is 1.31. The molecule has 0 spiro atoms. The molecule has 2 rings (SSSR count). The van der Waals surface area contributed by atoms with Crippen LogP contribution in [0.5, 0.6) is 5.75 Å². The lowest BCUT2D eigenvalue weighted by Crippen LogP contribution is -2.40. The fraction of sp³-hybridized carbons (Fsp3) is 0.429. The number of halogens is 1. The molecule has 1 aliphatic rings. The standard InChI is InChI=1S/C14H17N3O2.ClH/c1-19-13-7-10(8-15)4-5-11(13)9-17-14(18)12-3-2-6-16-12;/h4-5,7,12,16H,2-3,6,9H2,1H3,(H,17,18);1H/t12-;/m0./s1. The van der Waals surface area contributed by atoms with E-state index < -0.39 is 0 Å². The van der Waals surface area contributed by atoms with Gasteiger partial charge >= 0.3 is 0 Å². The summed E-state index contributed by atoms with van der Waals surface area (Å²) >= 11 is 0. The van der Waals surface area contributed by atoms with E-state index in [1.807, 2.05) is 0 Å². The maximum Gasteiger partial charge on any atom is 0.237 e. The first-order valence-electron chi connectivity index (χ1n) is 6.32. The van der Waals surface area contributed by atoms with Crippen molar-refractivity contribution in [1.29, 1.82) is 5.26 Å². The van der Waals surface area contributed by atoms with E-state index in [2.05, 4.69) is 16.7 Å². The number of benzene rings is 1. The number of nitriles is 1. The first-order valence-corrected chi connectivity index (χ1v) is 6.32. The van der Waals surface area contributed by atoms with Crippen molar-refractivity contribution < 1.29 is 9.53 Å². The van der Waals surface area contributed by atoms with Crippen molar-refractivity contribution in [3.63, 3.8) is 0 Å². The lowest BCUT2D eigenvalue weighted by molar-refractivity contribution is -0.122. The van der Waals surface area contributed by atoms with Gasteiger partial charge in [0, 0.05) is 12.1 Å². The van der Waals surface area contributed by atoms with Gasteiger partial charge in [-0.15, -0.1) is 12.4 Å². The van der Waals surface area contributed by atoms with Crippen LogP contribution in [0.3, 0.4) is 0 Å². The zero-order chi connectivity index (χ0) is 13.7. The number of nitrogens with one attached hydrogen (secondary N) is 2. The maximum atomic E-state index is 11.9. The minimum absolute atomic E-state index is 0. The van der Waals surface area contributed by atoms with Crippen LogP contribution in [0.2, 0.25) is 0 Å². The van der Waals surface area contributed by atoms with Gasteiger partial charge in [0.05, 0.1) is 24.8 Å². The highest BCUT2D eigenvalue weighted by atomic mass is 35.5. The monoisotopic (exact) mass is 295 g/mol. The third kappa shape index (κ3) is 3.86. The van der Waals surface area contributed by atoms with Crippen LogP contribution in [0.4, 0.5) is 0 Å². The van der Waals surface area contributed by atoms with Gasteiger partial charge in [0.1, 0.15) is 5.75 Å². The Morgan fingerprint density at radius 3 is 3.00 bits per heavy atom. The summed E-state index contributed by atoms with van der Waals surface area (Å²) in [4.78, 5) is 11.9. The van der Waals surface area contributed by atoms with Gasteiger partial charge < -0.3 is 15.4 Å². The first kappa shape index (κ1) is 16.3. The molecule has 0 unspecified atom stereocenters. The average molecular weight is 296 g/mol. The zero-order valence-corrected chi connectivity index (χ0v) is 12.1. The molecule has 6 heteroatoms. The summed E-state index contributed by atoms with van der Waals surface area (Å²) in [5.41, 5.74) is 1.41. The van der Waals surface area contributed by atoms with Crippen molar-refractivity contribution in [3.8, 4) is 11.8 Å². The SMILES string of the molecule is COc1cc(C#N)ccc1CNC(=O)[C@@H]1CCCN1.Cl. The molecule has 1 amide bonds. The van der Waals surface area contributed by atoms with Crippen molar-refractivity contribution in [2.75, 3.05) is 13.7 Å². The topological polar surface area (TPSA) is 74.1 Å². The van der Waals surface area contributed by atoms with Crippen molar-refractivity contribution >= 4 is 18.3 Å². The van der Waals surface area contributed by atoms with Crippen molar-refractivity contribution in [1.82, 2.24) is 10.6 Å². The minimum Gasteiger partial charge on any atom is -0.496 e. The quantitative estimate of drug-likeness (QED) is 0.879. The van der Waals surface area contributed by atoms with Crippen LogP contribution in [0.25, 0.3) is 0 Å². The van der Waals surface area contributed by atoms with Crippen LogP contribution >= 0.6 is 12.4 Å². The van der Waals surface area contributed by atoms with Crippen molar-refractivity contribution in [3.05, 3.63) is 29.3 Å². The Morgan fingerprint density at radius 2 is 2.40 bits per heavy atom. The Balaban J connectivity index is 0.00000200. The van der Waals surface area contributed by atoms with E-state index in [-0.39, 0.29) is 24.4 Å². The van der Waals surface area contributed by atoms with Gasteiger partial charge in [0.15, 0.2) is 0 Å². The van der Waals surface area contributed by atoms with Crippen LogP contribution in [-0.4, -0.2) is 25.6 Å². The summed E-state index contributed by atoms with van der Waals surface area (Å²) in [7, 11) is 1.56. The van der Waals surface area contributed by atoms with Crippen LogP contribution < -0.4 is 15.4 Å². The Hall–Kier alpha value is -1.77. The predicted molar refractivity (Wildman–Crippen MR) is 77.8 cm³/mol. The van der Waals surface area contributed by atoms with E-state index in [9.17, 15) is 4.79 Å². The maximum absolute atomic E-state index is 11.9. The molecule has 5 nitrogen and oxygen atoms in total. The molecule has 0 bridgehead atoms. The lowest BCUT2D eigenvalue weighted by Gasteiger charge is -2.13. The van der Waals surface area contributed by atoms with Gasteiger partial charge in [-0.1, -0.05) is 6.07 Å². The minimum atomic E-state index is -0.0793. The molecule has 0 radical (unpaired) electrons. The smallest absolute Gasteiger partial charge is 0.237 e. The van der Waals surface area contributed by atoms with Crippen LogP contribution in [0.1, 0.15) is 24.0 Å². The third-order valence-corrected chi connectivity index (χ3v) is 3.25. The van der Waals surface area contributed by atoms with E-state index in [0.717, 1.165) is 24.9 Å².